The van der Waals surface area contributed by atoms with E-state index in [0.717, 1.165) is 43.0 Å². The number of aryl methyl sites for hydroxylation is 1. The Labute approximate surface area is 114 Å². The van der Waals surface area contributed by atoms with E-state index in [4.69, 9.17) is 18.0 Å². The van der Waals surface area contributed by atoms with Crippen LogP contribution in [0, 0.1) is 6.92 Å². The van der Waals surface area contributed by atoms with Gasteiger partial charge in [-0.15, -0.1) is 0 Å². The van der Waals surface area contributed by atoms with Crippen molar-refractivity contribution < 1.29 is 0 Å². The highest BCUT2D eigenvalue weighted by atomic mass is 32.1. The summed E-state index contributed by atoms with van der Waals surface area (Å²) in [4.78, 5) is 7.26. The van der Waals surface area contributed by atoms with E-state index < -0.39 is 0 Å². The normalized spacial score (nSPS) is 17.7. The number of likely N-dealkylation sites (tertiary alicyclic amines) is 1. The second-order valence-electron chi connectivity index (χ2n) is 4.97. The van der Waals surface area contributed by atoms with Crippen molar-refractivity contribution >= 4 is 23.0 Å². The van der Waals surface area contributed by atoms with Crippen LogP contribution in [0.5, 0.6) is 0 Å². The molecule has 98 valence electrons. The van der Waals surface area contributed by atoms with E-state index in [2.05, 4.69) is 22.2 Å². The van der Waals surface area contributed by atoms with Gasteiger partial charge in [0.1, 0.15) is 10.8 Å². The first kappa shape index (κ1) is 13.2. The maximum absolute atomic E-state index is 5.67. The first-order valence-corrected chi connectivity index (χ1v) is 6.69. The lowest BCUT2D eigenvalue weighted by molar-refractivity contribution is 0.263. The molecule has 1 aromatic rings. The van der Waals surface area contributed by atoms with Gasteiger partial charge in [-0.25, -0.2) is 4.98 Å². The number of nitrogens with zero attached hydrogens (tertiary/aromatic N) is 2. The summed E-state index contributed by atoms with van der Waals surface area (Å²) >= 11 is 5.02. The number of rotatable bonds is 3. The number of nitrogens with one attached hydrogen (secondary N) is 1. The second kappa shape index (κ2) is 5.63. The SMILES string of the molecule is Cc1cc(C(N)=S)cc(NC2CCN(C)CC2)n1. The molecule has 5 heteroatoms. The van der Waals surface area contributed by atoms with E-state index in [1.165, 1.54) is 0 Å². The smallest absolute Gasteiger partial charge is 0.127 e. The number of hydrogen-bond acceptors (Lipinski definition) is 4. The van der Waals surface area contributed by atoms with Crippen molar-refractivity contribution in [2.75, 3.05) is 25.5 Å². The van der Waals surface area contributed by atoms with Crippen molar-refractivity contribution in [3.05, 3.63) is 23.4 Å². The Bertz CT molecular complexity index is 439. The molecule has 0 bridgehead atoms. The molecule has 0 radical (unpaired) electrons. The van der Waals surface area contributed by atoms with E-state index in [-0.39, 0.29) is 0 Å². The molecule has 0 spiro atoms. The fourth-order valence-corrected chi connectivity index (χ4v) is 2.36. The van der Waals surface area contributed by atoms with E-state index in [9.17, 15) is 0 Å². The van der Waals surface area contributed by atoms with Crippen LogP contribution < -0.4 is 11.1 Å². The van der Waals surface area contributed by atoms with Gasteiger partial charge in [0.05, 0.1) is 0 Å². The van der Waals surface area contributed by atoms with Gasteiger partial charge in [-0.2, -0.15) is 0 Å². The molecule has 18 heavy (non-hydrogen) atoms. The van der Waals surface area contributed by atoms with Crippen LogP contribution in [0.1, 0.15) is 24.1 Å². The van der Waals surface area contributed by atoms with Crippen LogP contribution in [0.15, 0.2) is 12.1 Å². The molecule has 3 N–H and O–H groups in total. The highest BCUT2D eigenvalue weighted by Gasteiger charge is 2.17. The quantitative estimate of drug-likeness (QED) is 0.811. The van der Waals surface area contributed by atoms with Crippen molar-refractivity contribution in [2.45, 2.75) is 25.8 Å². The summed E-state index contributed by atoms with van der Waals surface area (Å²) in [6.45, 7) is 4.22. The zero-order valence-corrected chi connectivity index (χ0v) is 11.8. The number of piperidine rings is 1. The molecule has 2 rings (SSSR count). The largest absolute Gasteiger partial charge is 0.389 e. The summed E-state index contributed by atoms with van der Waals surface area (Å²) in [7, 11) is 2.16. The highest BCUT2D eigenvalue weighted by Crippen LogP contribution is 2.16. The highest BCUT2D eigenvalue weighted by molar-refractivity contribution is 7.80. The second-order valence-corrected chi connectivity index (χ2v) is 5.41. The zero-order chi connectivity index (χ0) is 13.1. The van der Waals surface area contributed by atoms with Crippen LogP contribution in [-0.2, 0) is 0 Å². The van der Waals surface area contributed by atoms with Gasteiger partial charge in [0.15, 0.2) is 0 Å². The van der Waals surface area contributed by atoms with Crippen LogP contribution in [0.25, 0.3) is 0 Å². The van der Waals surface area contributed by atoms with Crippen LogP contribution in [-0.4, -0.2) is 41.1 Å². The molecular weight excluding hydrogens is 244 g/mol. The minimum atomic E-state index is 0.423. The molecule has 1 fully saturated rings. The van der Waals surface area contributed by atoms with Crippen molar-refractivity contribution in [3.63, 3.8) is 0 Å². The van der Waals surface area contributed by atoms with E-state index >= 15 is 0 Å². The molecule has 0 atom stereocenters. The zero-order valence-electron chi connectivity index (χ0n) is 10.9. The molecule has 0 aliphatic carbocycles. The van der Waals surface area contributed by atoms with Crippen molar-refractivity contribution in [1.29, 1.82) is 0 Å². The van der Waals surface area contributed by atoms with Gasteiger partial charge in [0.2, 0.25) is 0 Å². The Morgan fingerprint density at radius 2 is 2.11 bits per heavy atom. The van der Waals surface area contributed by atoms with Crippen molar-refractivity contribution in [2.24, 2.45) is 5.73 Å². The number of thiocarbonyl (C=S) groups is 1. The third-order valence-electron chi connectivity index (χ3n) is 3.31. The number of hydrogen-bond donors (Lipinski definition) is 2. The van der Waals surface area contributed by atoms with E-state index in [1.807, 2.05) is 19.1 Å². The topological polar surface area (TPSA) is 54.2 Å². The van der Waals surface area contributed by atoms with Crippen LogP contribution in [0.2, 0.25) is 0 Å². The summed E-state index contributed by atoms with van der Waals surface area (Å²) in [5.41, 5.74) is 7.49. The van der Waals surface area contributed by atoms with Crippen molar-refractivity contribution in [1.82, 2.24) is 9.88 Å². The predicted molar refractivity (Wildman–Crippen MR) is 79.0 cm³/mol. The molecule has 2 heterocycles. The number of aromatic nitrogens is 1. The maximum atomic E-state index is 5.67. The molecule has 4 nitrogen and oxygen atoms in total. The molecule has 1 aliphatic rings. The van der Waals surface area contributed by atoms with Crippen LogP contribution >= 0.6 is 12.2 Å². The molecule has 0 aromatic carbocycles. The average molecular weight is 264 g/mol. The summed E-state index contributed by atoms with van der Waals surface area (Å²) in [6, 6.07) is 4.35. The lowest BCUT2D eigenvalue weighted by Crippen LogP contribution is -2.36. The summed E-state index contributed by atoms with van der Waals surface area (Å²) in [5.74, 6) is 0.882. The van der Waals surface area contributed by atoms with Gasteiger partial charge < -0.3 is 16.0 Å². The van der Waals surface area contributed by atoms with Gasteiger partial charge in [-0.1, -0.05) is 12.2 Å². The maximum Gasteiger partial charge on any atom is 0.127 e. The standard InChI is InChI=1S/C13H20N4S/c1-9-7-10(13(14)18)8-12(15-9)16-11-3-5-17(2)6-4-11/h7-8,11H,3-6H2,1-2H3,(H2,14,18)(H,15,16). The monoisotopic (exact) mass is 264 g/mol. The molecule has 0 unspecified atom stereocenters. The molecule has 1 aromatic heterocycles. The van der Waals surface area contributed by atoms with E-state index in [0.29, 0.717) is 11.0 Å². The molecule has 0 amide bonds. The van der Waals surface area contributed by atoms with E-state index in [1.54, 1.807) is 0 Å². The third-order valence-corrected chi connectivity index (χ3v) is 3.54. The molecule has 1 saturated heterocycles. The predicted octanol–water partition coefficient (Wildman–Crippen LogP) is 1.53. The first-order chi connectivity index (χ1) is 8.54. The summed E-state index contributed by atoms with van der Waals surface area (Å²) in [6.07, 6.45) is 2.29. The molecular formula is C13H20N4S. The Balaban J connectivity index is 2.07. The minimum Gasteiger partial charge on any atom is -0.389 e. The van der Waals surface area contributed by atoms with Gasteiger partial charge in [-0.3, -0.25) is 0 Å². The summed E-state index contributed by atoms with van der Waals surface area (Å²) < 4.78 is 0. The number of pyridine rings is 1. The fourth-order valence-electron chi connectivity index (χ4n) is 2.25. The average Bonchev–Trinajstić information content (AvgIpc) is 2.31. The Kier molecular flexibility index (Phi) is 4.14. The van der Waals surface area contributed by atoms with Gasteiger partial charge in [0.25, 0.3) is 0 Å². The number of anilines is 1. The Morgan fingerprint density at radius 1 is 1.44 bits per heavy atom. The van der Waals surface area contributed by atoms with Crippen molar-refractivity contribution in [3.8, 4) is 0 Å². The number of nitrogens with two attached hydrogens (primary N) is 1. The first-order valence-electron chi connectivity index (χ1n) is 6.28. The molecule has 0 saturated carbocycles. The van der Waals surface area contributed by atoms with Crippen LogP contribution in [0.4, 0.5) is 5.82 Å². The lowest BCUT2D eigenvalue weighted by atomic mass is 10.1. The van der Waals surface area contributed by atoms with Crippen LogP contribution in [0.3, 0.4) is 0 Å². The van der Waals surface area contributed by atoms with Gasteiger partial charge >= 0.3 is 0 Å². The summed E-state index contributed by atoms with van der Waals surface area (Å²) in [5, 5.41) is 3.48. The fraction of sp³-hybridized carbons (Fsp3) is 0.538. The Morgan fingerprint density at radius 3 is 2.72 bits per heavy atom. The lowest BCUT2D eigenvalue weighted by Gasteiger charge is -2.29. The third kappa shape index (κ3) is 3.40. The minimum absolute atomic E-state index is 0.423. The molecule has 1 aliphatic heterocycles. The van der Waals surface area contributed by atoms with Gasteiger partial charge in [0, 0.05) is 17.3 Å². The Hall–Kier alpha value is -1.20. The van der Waals surface area contributed by atoms with Gasteiger partial charge in [-0.05, 0) is 52.0 Å².